The highest BCUT2D eigenvalue weighted by Crippen LogP contribution is 2.42. The molecule has 1 aromatic rings. The van der Waals surface area contributed by atoms with Gasteiger partial charge in [0.2, 0.25) is 0 Å². The molecular weight excluding hydrogens is 230 g/mol. The predicted octanol–water partition coefficient (Wildman–Crippen LogP) is 4.73. The van der Waals surface area contributed by atoms with E-state index in [1.54, 1.807) is 0 Å². The van der Waals surface area contributed by atoms with Crippen LogP contribution in [-0.2, 0) is 6.42 Å². The Hall–Kier alpha value is -0.820. The van der Waals surface area contributed by atoms with Crippen molar-refractivity contribution >= 4 is 0 Å². The molecule has 1 aliphatic rings. The van der Waals surface area contributed by atoms with Crippen LogP contribution in [0.2, 0.25) is 0 Å². The molecule has 19 heavy (non-hydrogen) atoms. The summed E-state index contributed by atoms with van der Waals surface area (Å²) >= 11 is 0. The summed E-state index contributed by atoms with van der Waals surface area (Å²) in [5.74, 6) is 0.796. The Morgan fingerprint density at radius 3 is 2.53 bits per heavy atom. The predicted molar refractivity (Wildman–Crippen MR) is 83.4 cm³/mol. The molecule has 1 nitrogen and oxygen atoms in total. The van der Waals surface area contributed by atoms with Crippen LogP contribution < -0.4 is 5.32 Å². The zero-order chi connectivity index (χ0) is 13.9. The summed E-state index contributed by atoms with van der Waals surface area (Å²) in [5, 5.41) is 3.57. The van der Waals surface area contributed by atoms with Crippen LogP contribution in [0, 0.1) is 11.3 Å². The summed E-state index contributed by atoms with van der Waals surface area (Å²) in [6, 6.07) is 9.66. The van der Waals surface area contributed by atoms with Crippen molar-refractivity contribution in [2.75, 3.05) is 7.05 Å². The zero-order valence-corrected chi connectivity index (χ0v) is 13.0. The Kier molecular flexibility index (Phi) is 4.67. The second-order valence-electron chi connectivity index (χ2n) is 6.87. The molecule has 0 aromatic heterocycles. The molecule has 0 aliphatic heterocycles. The molecule has 1 fully saturated rings. The maximum Gasteiger partial charge on any atom is 0.0346 e. The van der Waals surface area contributed by atoms with Gasteiger partial charge >= 0.3 is 0 Å². The Labute approximate surface area is 118 Å². The summed E-state index contributed by atoms with van der Waals surface area (Å²) in [6.45, 7) is 7.06. The standard InChI is InChI=1S/C18H29N/c1-5-14-7-6-8-16(13-14)17(19-4)15-9-11-18(2,3)12-10-15/h6-8,13,15,17,19H,5,9-12H2,1-4H3. The maximum absolute atomic E-state index is 3.57. The Bertz CT molecular complexity index is 398. The molecule has 0 spiro atoms. The Balaban J connectivity index is 2.11. The van der Waals surface area contributed by atoms with Gasteiger partial charge in [0, 0.05) is 6.04 Å². The topological polar surface area (TPSA) is 12.0 Å². The lowest BCUT2D eigenvalue weighted by Crippen LogP contribution is -2.31. The van der Waals surface area contributed by atoms with E-state index >= 15 is 0 Å². The summed E-state index contributed by atoms with van der Waals surface area (Å²) in [6.07, 6.45) is 6.57. The number of hydrogen-bond donors (Lipinski definition) is 1. The highest BCUT2D eigenvalue weighted by atomic mass is 14.9. The van der Waals surface area contributed by atoms with Crippen molar-refractivity contribution in [2.24, 2.45) is 11.3 Å². The molecule has 0 saturated heterocycles. The average molecular weight is 259 g/mol. The first kappa shape index (κ1) is 14.6. The van der Waals surface area contributed by atoms with Crippen LogP contribution in [0.25, 0.3) is 0 Å². The normalized spacial score (nSPS) is 21.3. The largest absolute Gasteiger partial charge is 0.313 e. The van der Waals surface area contributed by atoms with E-state index in [1.165, 1.54) is 36.8 Å². The van der Waals surface area contributed by atoms with E-state index in [0.29, 0.717) is 11.5 Å². The number of rotatable bonds is 4. The molecule has 1 atom stereocenters. The Morgan fingerprint density at radius 2 is 1.95 bits per heavy atom. The van der Waals surface area contributed by atoms with Gasteiger partial charge in [-0.2, -0.15) is 0 Å². The molecule has 2 rings (SSSR count). The summed E-state index contributed by atoms with van der Waals surface area (Å²) < 4.78 is 0. The van der Waals surface area contributed by atoms with Crippen LogP contribution in [0.1, 0.15) is 63.6 Å². The zero-order valence-electron chi connectivity index (χ0n) is 13.0. The summed E-state index contributed by atoms with van der Waals surface area (Å²) in [5.41, 5.74) is 3.49. The van der Waals surface area contributed by atoms with Crippen molar-refractivity contribution in [3.63, 3.8) is 0 Å². The second kappa shape index (κ2) is 6.09. The lowest BCUT2D eigenvalue weighted by atomic mass is 9.70. The van der Waals surface area contributed by atoms with Crippen molar-refractivity contribution in [2.45, 2.75) is 58.9 Å². The van der Waals surface area contributed by atoms with Crippen LogP contribution in [0.5, 0.6) is 0 Å². The summed E-state index contributed by atoms with van der Waals surface area (Å²) in [4.78, 5) is 0. The van der Waals surface area contributed by atoms with Crippen LogP contribution in [0.3, 0.4) is 0 Å². The first-order valence-corrected chi connectivity index (χ1v) is 7.82. The number of benzene rings is 1. The van der Waals surface area contributed by atoms with Gasteiger partial charge in [0.25, 0.3) is 0 Å². The molecule has 106 valence electrons. The smallest absolute Gasteiger partial charge is 0.0346 e. The van der Waals surface area contributed by atoms with Gasteiger partial charge in [-0.3, -0.25) is 0 Å². The maximum atomic E-state index is 3.57. The highest BCUT2D eigenvalue weighted by Gasteiger charge is 2.31. The lowest BCUT2D eigenvalue weighted by molar-refractivity contribution is 0.164. The van der Waals surface area contributed by atoms with Crippen LogP contribution in [-0.4, -0.2) is 7.05 Å². The Morgan fingerprint density at radius 1 is 1.26 bits per heavy atom. The lowest BCUT2D eigenvalue weighted by Gasteiger charge is -2.38. The molecule has 1 saturated carbocycles. The molecule has 1 unspecified atom stereocenters. The molecule has 0 radical (unpaired) electrons. The van der Waals surface area contributed by atoms with E-state index in [4.69, 9.17) is 0 Å². The first-order valence-electron chi connectivity index (χ1n) is 7.82. The van der Waals surface area contributed by atoms with Gasteiger partial charge in [-0.05, 0) is 61.6 Å². The molecule has 0 heterocycles. The fraction of sp³-hybridized carbons (Fsp3) is 0.667. The molecule has 0 bridgehead atoms. The summed E-state index contributed by atoms with van der Waals surface area (Å²) in [7, 11) is 2.11. The minimum absolute atomic E-state index is 0.530. The monoisotopic (exact) mass is 259 g/mol. The molecular formula is C18H29N. The first-order chi connectivity index (χ1) is 9.05. The van der Waals surface area contributed by atoms with E-state index in [0.717, 1.165) is 12.3 Å². The van der Waals surface area contributed by atoms with E-state index in [-0.39, 0.29) is 0 Å². The van der Waals surface area contributed by atoms with Gasteiger partial charge in [0.15, 0.2) is 0 Å². The molecule has 0 amide bonds. The van der Waals surface area contributed by atoms with Crippen molar-refractivity contribution in [1.29, 1.82) is 0 Å². The molecule has 1 N–H and O–H groups in total. The van der Waals surface area contributed by atoms with Gasteiger partial charge in [-0.15, -0.1) is 0 Å². The molecule has 1 aliphatic carbocycles. The minimum Gasteiger partial charge on any atom is -0.313 e. The van der Waals surface area contributed by atoms with Gasteiger partial charge < -0.3 is 5.32 Å². The van der Waals surface area contributed by atoms with Gasteiger partial charge in [0.1, 0.15) is 0 Å². The van der Waals surface area contributed by atoms with E-state index in [9.17, 15) is 0 Å². The van der Waals surface area contributed by atoms with Crippen molar-refractivity contribution in [1.82, 2.24) is 5.32 Å². The van der Waals surface area contributed by atoms with Crippen molar-refractivity contribution < 1.29 is 0 Å². The third-order valence-electron chi connectivity index (χ3n) is 4.88. The highest BCUT2D eigenvalue weighted by molar-refractivity contribution is 5.26. The van der Waals surface area contributed by atoms with Crippen molar-refractivity contribution in [3.05, 3.63) is 35.4 Å². The number of nitrogens with one attached hydrogen (secondary N) is 1. The van der Waals surface area contributed by atoms with E-state index in [2.05, 4.69) is 57.4 Å². The molecule has 1 heteroatoms. The number of aryl methyl sites for hydroxylation is 1. The van der Waals surface area contributed by atoms with Gasteiger partial charge in [0.05, 0.1) is 0 Å². The minimum atomic E-state index is 0.530. The third-order valence-corrected chi connectivity index (χ3v) is 4.88. The number of hydrogen-bond acceptors (Lipinski definition) is 1. The van der Waals surface area contributed by atoms with Gasteiger partial charge in [-0.25, -0.2) is 0 Å². The van der Waals surface area contributed by atoms with Crippen LogP contribution in [0.4, 0.5) is 0 Å². The quantitative estimate of drug-likeness (QED) is 0.824. The van der Waals surface area contributed by atoms with E-state index in [1.807, 2.05) is 0 Å². The SMILES string of the molecule is CCc1cccc(C(NC)C2CCC(C)(C)CC2)c1. The van der Waals surface area contributed by atoms with Crippen molar-refractivity contribution in [3.8, 4) is 0 Å². The fourth-order valence-electron chi connectivity index (χ4n) is 3.44. The van der Waals surface area contributed by atoms with Gasteiger partial charge in [-0.1, -0.05) is 45.0 Å². The second-order valence-corrected chi connectivity index (χ2v) is 6.87. The third kappa shape index (κ3) is 3.60. The average Bonchev–Trinajstić information content (AvgIpc) is 2.41. The van der Waals surface area contributed by atoms with Crippen LogP contribution in [0.15, 0.2) is 24.3 Å². The molecule has 1 aromatic carbocycles. The van der Waals surface area contributed by atoms with Crippen LogP contribution >= 0.6 is 0 Å². The fourth-order valence-corrected chi connectivity index (χ4v) is 3.44. The van der Waals surface area contributed by atoms with E-state index < -0.39 is 0 Å².